The summed E-state index contributed by atoms with van der Waals surface area (Å²) in [6, 6.07) is 57.4. The Kier molecular flexibility index (Phi) is 6.29. The van der Waals surface area contributed by atoms with Gasteiger partial charge in [0.25, 0.3) is 0 Å². The molecule has 0 N–H and O–H groups in total. The molecule has 0 atom stereocenters. The Morgan fingerprint density at radius 3 is 1.06 bits per heavy atom. The van der Waals surface area contributed by atoms with Crippen molar-refractivity contribution in [1.82, 2.24) is 0 Å². The summed E-state index contributed by atoms with van der Waals surface area (Å²) < 4.78 is 0. The Morgan fingerprint density at radius 2 is 0.608 bits per heavy atom. The predicted octanol–water partition coefficient (Wildman–Crippen LogP) is 13.9. The second-order valence-electron chi connectivity index (χ2n) is 15.9. The van der Waals surface area contributed by atoms with Gasteiger partial charge in [-0.25, -0.2) is 0 Å². The summed E-state index contributed by atoms with van der Waals surface area (Å²) in [5.74, 6) is 0. The molecule has 0 aromatic heterocycles. The molecule has 0 heteroatoms. The highest BCUT2D eigenvalue weighted by molar-refractivity contribution is 5.94. The maximum absolute atomic E-state index is 2.46. The normalized spacial score (nSPS) is 14.7. The topological polar surface area (TPSA) is 0 Å². The van der Waals surface area contributed by atoms with Crippen LogP contribution in [0.25, 0.3) is 77.2 Å². The fraction of sp³-hybridized carbons (Fsp3) is 0.137. The Bertz CT molecular complexity index is 2750. The van der Waals surface area contributed by atoms with E-state index in [2.05, 4.69) is 186 Å². The molecule has 51 heavy (non-hydrogen) atoms. The van der Waals surface area contributed by atoms with E-state index in [0.717, 1.165) is 0 Å². The molecule has 10 rings (SSSR count). The Labute approximate surface area is 301 Å². The molecule has 0 amide bonds. The van der Waals surface area contributed by atoms with Gasteiger partial charge in [0.2, 0.25) is 0 Å². The van der Waals surface area contributed by atoms with Gasteiger partial charge < -0.3 is 0 Å². The highest BCUT2D eigenvalue weighted by Gasteiger charge is 2.37. The van der Waals surface area contributed by atoms with E-state index < -0.39 is 0 Å². The minimum Gasteiger partial charge on any atom is -0.0616 e. The van der Waals surface area contributed by atoms with Crippen molar-refractivity contribution in [2.24, 2.45) is 0 Å². The second-order valence-corrected chi connectivity index (χ2v) is 15.9. The molecule has 0 fully saturated rings. The Morgan fingerprint density at radius 1 is 0.294 bits per heavy atom. The van der Waals surface area contributed by atoms with E-state index in [1.165, 1.54) is 105 Å². The van der Waals surface area contributed by atoms with Crippen molar-refractivity contribution < 1.29 is 0 Å². The van der Waals surface area contributed by atoms with E-state index >= 15 is 0 Å². The molecule has 0 spiro atoms. The lowest BCUT2D eigenvalue weighted by Gasteiger charge is -2.24. The van der Waals surface area contributed by atoms with Gasteiger partial charge in [0.05, 0.1) is 0 Å². The van der Waals surface area contributed by atoms with E-state index in [9.17, 15) is 0 Å². The summed E-state index contributed by atoms with van der Waals surface area (Å²) in [6.45, 7) is 11.7. The van der Waals surface area contributed by atoms with E-state index in [0.29, 0.717) is 0 Å². The minimum atomic E-state index is -0.105. The van der Waals surface area contributed by atoms with Gasteiger partial charge in [0.1, 0.15) is 0 Å². The van der Waals surface area contributed by atoms with Crippen LogP contribution in [-0.2, 0) is 10.8 Å². The molecule has 0 radical (unpaired) electrons. The summed E-state index contributed by atoms with van der Waals surface area (Å²) in [6.07, 6.45) is 0. The third-order valence-corrected chi connectivity index (χ3v) is 12.1. The lowest BCUT2D eigenvalue weighted by Crippen LogP contribution is -2.15. The largest absolute Gasteiger partial charge is 0.0616 e. The average molecular weight is 653 g/mol. The molecular formula is C51H40. The minimum absolute atomic E-state index is 0.0163. The smallest absolute Gasteiger partial charge is 0.0159 e. The van der Waals surface area contributed by atoms with Crippen LogP contribution in [0.15, 0.2) is 152 Å². The van der Waals surface area contributed by atoms with Crippen molar-refractivity contribution in [2.75, 3.05) is 0 Å². The van der Waals surface area contributed by atoms with Crippen LogP contribution < -0.4 is 0 Å². The zero-order valence-electron chi connectivity index (χ0n) is 29.9. The molecule has 0 aliphatic heterocycles. The molecule has 8 aromatic rings. The maximum atomic E-state index is 2.46. The van der Waals surface area contributed by atoms with Crippen LogP contribution in [-0.4, -0.2) is 0 Å². The van der Waals surface area contributed by atoms with E-state index in [-0.39, 0.29) is 10.8 Å². The standard InChI is InChI=1S/C51H40/c1-31-10-20-42-43-22-18-40(29-47(43)50(2,3)46(42)24-31)41-19-23-45-44-21-17-39(28-48(44)51(4,5)49(45)30-41)38-16-15-36-26-35(13-14-37(36)27-38)34-12-11-32-8-6-7-9-33(32)25-34/h6-30H,1-5H3. The SMILES string of the molecule is Cc1ccc2c(c1)C(C)(C)c1cc(-c3ccc4c(c3)C(C)(C)c3cc(-c5ccc6cc(-c7ccc8ccccc8c7)ccc6c5)ccc3-4)ccc1-2. The molecule has 0 saturated heterocycles. The molecule has 0 heterocycles. The van der Waals surface area contributed by atoms with Crippen molar-refractivity contribution in [1.29, 1.82) is 0 Å². The highest BCUT2D eigenvalue weighted by Crippen LogP contribution is 2.52. The third kappa shape index (κ3) is 4.52. The van der Waals surface area contributed by atoms with Crippen LogP contribution in [0.3, 0.4) is 0 Å². The van der Waals surface area contributed by atoms with Gasteiger partial charge in [-0.1, -0.05) is 149 Å². The summed E-state index contributed by atoms with van der Waals surface area (Å²) in [5, 5.41) is 5.08. The highest BCUT2D eigenvalue weighted by atomic mass is 14.4. The maximum Gasteiger partial charge on any atom is 0.0159 e. The first-order chi connectivity index (χ1) is 24.6. The zero-order chi connectivity index (χ0) is 34.6. The first kappa shape index (κ1) is 30.1. The van der Waals surface area contributed by atoms with Gasteiger partial charge in [-0.15, -0.1) is 0 Å². The Balaban J connectivity index is 0.975. The molecule has 0 unspecified atom stereocenters. The van der Waals surface area contributed by atoms with Gasteiger partial charge in [-0.2, -0.15) is 0 Å². The summed E-state index contributed by atoms with van der Waals surface area (Å²) in [4.78, 5) is 0. The molecule has 8 aromatic carbocycles. The fourth-order valence-corrected chi connectivity index (χ4v) is 9.10. The number of benzene rings is 8. The predicted molar refractivity (Wildman–Crippen MR) is 218 cm³/mol. The fourth-order valence-electron chi connectivity index (χ4n) is 9.10. The van der Waals surface area contributed by atoms with Crippen molar-refractivity contribution in [3.05, 3.63) is 179 Å². The van der Waals surface area contributed by atoms with Gasteiger partial charge >= 0.3 is 0 Å². The number of aryl methyl sites for hydroxylation is 1. The number of hydrogen-bond donors (Lipinski definition) is 0. The van der Waals surface area contributed by atoms with Gasteiger partial charge in [0.15, 0.2) is 0 Å². The number of hydrogen-bond acceptors (Lipinski definition) is 0. The van der Waals surface area contributed by atoms with Crippen molar-refractivity contribution >= 4 is 21.5 Å². The lowest BCUT2D eigenvalue weighted by molar-refractivity contribution is 0.659. The molecule has 2 aliphatic rings. The Hall–Kier alpha value is -5.72. The van der Waals surface area contributed by atoms with Crippen LogP contribution in [0.4, 0.5) is 0 Å². The van der Waals surface area contributed by atoms with E-state index in [4.69, 9.17) is 0 Å². The third-order valence-electron chi connectivity index (χ3n) is 12.1. The second kappa shape index (κ2) is 10.6. The molecule has 0 nitrogen and oxygen atoms in total. The summed E-state index contributed by atoms with van der Waals surface area (Å²) in [5.41, 5.74) is 20.0. The summed E-state index contributed by atoms with van der Waals surface area (Å²) >= 11 is 0. The average Bonchev–Trinajstić information content (AvgIpc) is 3.52. The van der Waals surface area contributed by atoms with E-state index in [1.807, 2.05) is 0 Å². The van der Waals surface area contributed by atoms with E-state index in [1.54, 1.807) is 0 Å². The number of rotatable bonds is 3. The number of fused-ring (bicyclic) bond motifs is 8. The molecule has 0 saturated carbocycles. The van der Waals surface area contributed by atoms with Crippen LogP contribution in [0.5, 0.6) is 0 Å². The van der Waals surface area contributed by atoms with Crippen LogP contribution in [0.1, 0.15) is 55.5 Å². The van der Waals surface area contributed by atoms with Gasteiger partial charge in [-0.3, -0.25) is 0 Å². The molecular weight excluding hydrogens is 613 g/mol. The molecule has 244 valence electrons. The first-order valence-corrected chi connectivity index (χ1v) is 18.2. The first-order valence-electron chi connectivity index (χ1n) is 18.2. The molecule has 0 bridgehead atoms. The van der Waals surface area contributed by atoms with Crippen LogP contribution >= 0.6 is 0 Å². The molecule has 2 aliphatic carbocycles. The lowest BCUT2D eigenvalue weighted by atomic mass is 9.80. The van der Waals surface area contributed by atoms with Crippen molar-refractivity contribution in [3.8, 4) is 55.6 Å². The monoisotopic (exact) mass is 652 g/mol. The van der Waals surface area contributed by atoms with Crippen LogP contribution in [0, 0.1) is 6.92 Å². The van der Waals surface area contributed by atoms with Crippen molar-refractivity contribution in [2.45, 2.75) is 45.4 Å². The quantitative estimate of drug-likeness (QED) is 0.178. The summed E-state index contributed by atoms with van der Waals surface area (Å²) in [7, 11) is 0. The van der Waals surface area contributed by atoms with Gasteiger partial charge in [-0.05, 0) is 143 Å². The zero-order valence-corrected chi connectivity index (χ0v) is 29.9. The van der Waals surface area contributed by atoms with Crippen molar-refractivity contribution in [3.63, 3.8) is 0 Å². The van der Waals surface area contributed by atoms with Crippen LogP contribution in [0.2, 0.25) is 0 Å². The van der Waals surface area contributed by atoms with Gasteiger partial charge in [0, 0.05) is 10.8 Å².